The Morgan fingerprint density at radius 1 is 1.00 bits per heavy atom. The SMILES string of the molecule is O=Cc1cc(-c2cc(F)ccc2Cl)ccc1Cl. The van der Waals surface area contributed by atoms with Gasteiger partial charge in [-0.1, -0.05) is 29.3 Å². The van der Waals surface area contributed by atoms with Crippen molar-refractivity contribution in [2.45, 2.75) is 0 Å². The lowest BCUT2D eigenvalue weighted by atomic mass is 10.0. The van der Waals surface area contributed by atoms with Crippen LogP contribution in [0.2, 0.25) is 10.0 Å². The molecule has 0 saturated heterocycles. The van der Waals surface area contributed by atoms with Crippen LogP contribution in [0.15, 0.2) is 36.4 Å². The van der Waals surface area contributed by atoms with Crippen LogP contribution in [0.1, 0.15) is 10.4 Å². The summed E-state index contributed by atoms with van der Waals surface area (Å²) in [5, 5.41) is 0.779. The third-order valence-electron chi connectivity index (χ3n) is 2.36. The van der Waals surface area contributed by atoms with Crippen LogP contribution in [0.25, 0.3) is 11.1 Å². The van der Waals surface area contributed by atoms with E-state index in [0.29, 0.717) is 33.0 Å². The van der Waals surface area contributed by atoms with E-state index in [1.807, 2.05) is 0 Å². The average Bonchev–Trinajstić information content (AvgIpc) is 2.33. The highest BCUT2D eigenvalue weighted by Crippen LogP contribution is 2.30. The minimum atomic E-state index is -0.382. The Labute approximate surface area is 108 Å². The van der Waals surface area contributed by atoms with Crippen molar-refractivity contribution >= 4 is 29.5 Å². The maximum Gasteiger partial charge on any atom is 0.151 e. The van der Waals surface area contributed by atoms with Gasteiger partial charge in [-0.15, -0.1) is 0 Å². The number of aldehydes is 1. The molecule has 0 fully saturated rings. The topological polar surface area (TPSA) is 17.1 Å². The predicted molar refractivity (Wildman–Crippen MR) is 67.2 cm³/mol. The van der Waals surface area contributed by atoms with Crippen LogP contribution in [0.3, 0.4) is 0 Å². The fourth-order valence-electron chi connectivity index (χ4n) is 1.52. The molecular weight excluding hydrogens is 262 g/mol. The maximum atomic E-state index is 13.1. The molecule has 4 heteroatoms. The van der Waals surface area contributed by atoms with Gasteiger partial charge in [0.25, 0.3) is 0 Å². The van der Waals surface area contributed by atoms with E-state index in [9.17, 15) is 9.18 Å². The Hall–Kier alpha value is -1.38. The summed E-state index contributed by atoms with van der Waals surface area (Å²) in [6.45, 7) is 0. The molecule has 0 spiro atoms. The van der Waals surface area contributed by atoms with E-state index >= 15 is 0 Å². The fourth-order valence-corrected chi connectivity index (χ4v) is 1.91. The third kappa shape index (κ3) is 2.48. The Bertz CT molecular complexity index is 582. The minimum absolute atomic E-state index is 0.351. The molecule has 0 amide bonds. The van der Waals surface area contributed by atoms with Crippen molar-refractivity contribution in [2.24, 2.45) is 0 Å². The molecule has 0 aromatic heterocycles. The van der Waals surface area contributed by atoms with Gasteiger partial charge in [0.15, 0.2) is 6.29 Å². The van der Waals surface area contributed by atoms with E-state index in [-0.39, 0.29) is 5.82 Å². The van der Waals surface area contributed by atoms with Crippen LogP contribution >= 0.6 is 23.2 Å². The molecule has 0 N–H and O–H groups in total. The zero-order valence-corrected chi connectivity index (χ0v) is 10.1. The van der Waals surface area contributed by atoms with Gasteiger partial charge in [-0.2, -0.15) is 0 Å². The van der Waals surface area contributed by atoms with Crippen molar-refractivity contribution in [3.05, 3.63) is 57.8 Å². The third-order valence-corrected chi connectivity index (χ3v) is 3.04. The first-order valence-corrected chi connectivity index (χ1v) is 5.57. The standard InChI is InChI=1S/C13H7Cl2FO/c14-12-3-1-8(5-9(12)7-17)11-6-10(16)2-4-13(11)15/h1-7H. The van der Waals surface area contributed by atoms with Gasteiger partial charge in [0.1, 0.15) is 5.82 Å². The Kier molecular flexibility index (Phi) is 3.46. The van der Waals surface area contributed by atoms with E-state index < -0.39 is 0 Å². The minimum Gasteiger partial charge on any atom is -0.298 e. The van der Waals surface area contributed by atoms with E-state index in [2.05, 4.69) is 0 Å². The van der Waals surface area contributed by atoms with Crippen LogP contribution in [-0.4, -0.2) is 6.29 Å². The van der Waals surface area contributed by atoms with Crippen molar-refractivity contribution in [3.63, 3.8) is 0 Å². The van der Waals surface area contributed by atoms with Gasteiger partial charge >= 0.3 is 0 Å². The molecule has 1 nitrogen and oxygen atoms in total. The second kappa shape index (κ2) is 4.86. The first kappa shape index (κ1) is 12.1. The first-order chi connectivity index (χ1) is 8.11. The summed E-state index contributed by atoms with van der Waals surface area (Å²) in [7, 11) is 0. The second-order valence-corrected chi connectivity index (χ2v) is 4.29. The van der Waals surface area contributed by atoms with Crippen molar-refractivity contribution in [3.8, 4) is 11.1 Å². The smallest absolute Gasteiger partial charge is 0.151 e. The van der Waals surface area contributed by atoms with E-state index in [4.69, 9.17) is 23.2 Å². The number of hydrogen-bond acceptors (Lipinski definition) is 1. The highest BCUT2D eigenvalue weighted by atomic mass is 35.5. The van der Waals surface area contributed by atoms with E-state index in [0.717, 1.165) is 0 Å². The zero-order valence-electron chi connectivity index (χ0n) is 8.58. The van der Waals surface area contributed by atoms with Crippen LogP contribution in [0.4, 0.5) is 4.39 Å². The van der Waals surface area contributed by atoms with Gasteiger partial charge in [-0.25, -0.2) is 4.39 Å². The van der Waals surface area contributed by atoms with Crippen LogP contribution < -0.4 is 0 Å². The normalized spacial score (nSPS) is 10.3. The lowest BCUT2D eigenvalue weighted by Gasteiger charge is -2.06. The summed E-state index contributed by atoms with van der Waals surface area (Å²) in [6.07, 6.45) is 0.652. The quantitative estimate of drug-likeness (QED) is 0.727. The van der Waals surface area contributed by atoms with Crippen LogP contribution in [0, 0.1) is 5.82 Å². The number of rotatable bonds is 2. The van der Waals surface area contributed by atoms with Crippen molar-refractivity contribution in [2.75, 3.05) is 0 Å². The zero-order chi connectivity index (χ0) is 12.4. The van der Waals surface area contributed by atoms with Crippen LogP contribution in [0.5, 0.6) is 0 Å². The number of carbonyl (C=O) groups is 1. The maximum absolute atomic E-state index is 13.1. The summed E-state index contributed by atoms with van der Waals surface area (Å²) < 4.78 is 13.1. The molecule has 2 aromatic carbocycles. The van der Waals surface area contributed by atoms with E-state index in [1.165, 1.54) is 18.2 Å². The Morgan fingerprint density at radius 3 is 2.41 bits per heavy atom. The molecule has 0 heterocycles. The lowest BCUT2D eigenvalue weighted by Crippen LogP contribution is -1.86. The molecule has 0 aliphatic carbocycles. The number of hydrogen-bond donors (Lipinski definition) is 0. The van der Waals surface area contributed by atoms with Gasteiger partial charge in [0.05, 0.1) is 5.02 Å². The van der Waals surface area contributed by atoms with Crippen molar-refractivity contribution in [1.29, 1.82) is 0 Å². The van der Waals surface area contributed by atoms with E-state index in [1.54, 1.807) is 18.2 Å². The molecule has 0 radical (unpaired) electrons. The first-order valence-electron chi connectivity index (χ1n) is 4.82. The highest BCUT2D eigenvalue weighted by Gasteiger charge is 2.07. The van der Waals surface area contributed by atoms with Gasteiger partial charge < -0.3 is 0 Å². The molecule has 2 rings (SSSR count). The Balaban J connectivity index is 2.60. The summed E-state index contributed by atoms with van der Waals surface area (Å²) >= 11 is 11.8. The van der Waals surface area contributed by atoms with Gasteiger partial charge in [0.2, 0.25) is 0 Å². The molecule has 0 saturated carbocycles. The summed E-state index contributed by atoms with van der Waals surface area (Å²) in [5.41, 5.74) is 1.54. The molecule has 0 aliphatic heterocycles. The van der Waals surface area contributed by atoms with Gasteiger partial charge in [-0.3, -0.25) is 4.79 Å². The largest absolute Gasteiger partial charge is 0.298 e. The molecule has 0 aliphatic rings. The number of benzene rings is 2. The molecule has 2 aromatic rings. The molecule has 0 atom stereocenters. The molecular formula is C13H7Cl2FO. The van der Waals surface area contributed by atoms with Crippen molar-refractivity contribution < 1.29 is 9.18 Å². The lowest BCUT2D eigenvalue weighted by molar-refractivity contribution is 0.112. The molecule has 17 heavy (non-hydrogen) atoms. The predicted octanol–water partition coefficient (Wildman–Crippen LogP) is 4.61. The van der Waals surface area contributed by atoms with Gasteiger partial charge in [-0.05, 0) is 35.9 Å². The summed E-state index contributed by atoms with van der Waals surface area (Å²) in [6, 6.07) is 8.93. The fraction of sp³-hybridized carbons (Fsp3) is 0. The van der Waals surface area contributed by atoms with Gasteiger partial charge in [0, 0.05) is 16.1 Å². The second-order valence-electron chi connectivity index (χ2n) is 3.48. The average molecular weight is 269 g/mol. The number of carbonyl (C=O) groups excluding carboxylic acids is 1. The molecule has 0 bridgehead atoms. The summed E-state index contributed by atoms with van der Waals surface area (Å²) in [4.78, 5) is 10.8. The molecule has 0 unspecified atom stereocenters. The molecule has 86 valence electrons. The monoisotopic (exact) mass is 268 g/mol. The number of halogens is 3. The Morgan fingerprint density at radius 2 is 1.71 bits per heavy atom. The van der Waals surface area contributed by atoms with Crippen LogP contribution in [-0.2, 0) is 0 Å². The summed E-state index contributed by atoms with van der Waals surface area (Å²) in [5.74, 6) is -0.382. The van der Waals surface area contributed by atoms with Crippen molar-refractivity contribution in [1.82, 2.24) is 0 Å². The highest BCUT2D eigenvalue weighted by molar-refractivity contribution is 6.34.